The zero-order valence-electron chi connectivity index (χ0n) is 14.7. The molecule has 0 amide bonds. The molecule has 24 heavy (non-hydrogen) atoms. The molecule has 1 aromatic carbocycles. The van der Waals surface area contributed by atoms with E-state index in [1.807, 2.05) is 12.1 Å². The number of piperazine rings is 1. The van der Waals surface area contributed by atoms with Crippen LogP contribution in [0.5, 0.6) is 11.5 Å². The molecule has 1 saturated heterocycles. The van der Waals surface area contributed by atoms with E-state index in [2.05, 4.69) is 28.6 Å². The van der Waals surface area contributed by atoms with Crippen LogP contribution in [0.15, 0.2) is 12.1 Å². The van der Waals surface area contributed by atoms with Crippen molar-refractivity contribution in [3.63, 3.8) is 0 Å². The second kappa shape index (κ2) is 6.68. The summed E-state index contributed by atoms with van der Waals surface area (Å²) in [4.78, 5) is 13.8. The van der Waals surface area contributed by atoms with Gasteiger partial charge in [-0.15, -0.1) is 0 Å². The number of methoxy groups -OCH3 is 2. The van der Waals surface area contributed by atoms with Crippen molar-refractivity contribution in [3.05, 3.63) is 12.1 Å². The quantitative estimate of drug-likeness (QED) is 0.914. The van der Waals surface area contributed by atoms with Gasteiger partial charge in [-0.2, -0.15) is 4.98 Å². The van der Waals surface area contributed by atoms with E-state index in [1.54, 1.807) is 14.2 Å². The van der Waals surface area contributed by atoms with Crippen molar-refractivity contribution in [2.45, 2.75) is 19.9 Å². The number of nitrogen functional groups attached to an aromatic ring is 1. The number of aromatic nitrogens is 2. The Balaban J connectivity index is 1.93. The predicted molar refractivity (Wildman–Crippen MR) is 96.0 cm³/mol. The number of hydrogen-bond donors (Lipinski definition) is 1. The maximum atomic E-state index is 6.17. The van der Waals surface area contributed by atoms with Crippen molar-refractivity contribution in [1.29, 1.82) is 0 Å². The van der Waals surface area contributed by atoms with Crippen LogP contribution >= 0.6 is 0 Å². The normalized spacial score (nSPS) is 16.0. The minimum Gasteiger partial charge on any atom is -0.493 e. The summed E-state index contributed by atoms with van der Waals surface area (Å²) in [5.41, 5.74) is 6.94. The van der Waals surface area contributed by atoms with Crippen LogP contribution < -0.4 is 20.1 Å². The number of nitrogens with zero attached hydrogens (tertiary/aromatic N) is 4. The molecular formula is C17H25N5O2. The Morgan fingerprint density at radius 2 is 1.62 bits per heavy atom. The summed E-state index contributed by atoms with van der Waals surface area (Å²) in [5.74, 6) is 2.40. The lowest BCUT2D eigenvalue weighted by molar-refractivity contribution is 0.208. The van der Waals surface area contributed by atoms with Crippen LogP contribution in [0, 0.1) is 0 Å². The molecular weight excluding hydrogens is 306 g/mol. The summed E-state index contributed by atoms with van der Waals surface area (Å²) >= 11 is 0. The van der Waals surface area contributed by atoms with E-state index in [0.717, 1.165) is 37.1 Å². The van der Waals surface area contributed by atoms with Crippen molar-refractivity contribution in [3.8, 4) is 11.5 Å². The maximum Gasteiger partial charge on any atom is 0.227 e. The maximum absolute atomic E-state index is 6.17. The molecule has 0 unspecified atom stereocenters. The van der Waals surface area contributed by atoms with Crippen molar-refractivity contribution in [1.82, 2.24) is 14.9 Å². The van der Waals surface area contributed by atoms with Crippen LogP contribution in [0.3, 0.4) is 0 Å². The Hall–Kier alpha value is -2.28. The van der Waals surface area contributed by atoms with Gasteiger partial charge < -0.3 is 20.1 Å². The highest BCUT2D eigenvalue weighted by Gasteiger charge is 2.22. The van der Waals surface area contributed by atoms with Crippen LogP contribution in [0.2, 0.25) is 0 Å². The molecule has 130 valence electrons. The molecule has 7 nitrogen and oxygen atoms in total. The Morgan fingerprint density at radius 1 is 1.00 bits per heavy atom. The molecule has 7 heteroatoms. The molecule has 2 heterocycles. The molecule has 2 aromatic rings. The highest BCUT2D eigenvalue weighted by molar-refractivity contribution is 5.91. The fourth-order valence-corrected chi connectivity index (χ4v) is 3.05. The highest BCUT2D eigenvalue weighted by atomic mass is 16.5. The Bertz CT molecular complexity index is 726. The standard InChI is InChI=1S/C17H25N5O2/c1-11(2)21-5-7-22(8-6-21)17-19-13-10-15(24-4)14(23-3)9-12(13)16(18)20-17/h9-11H,5-8H2,1-4H3,(H2,18,19,20). The van der Waals surface area contributed by atoms with Crippen LogP contribution in [0.1, 0.15) is 13.8 Å². The summed E-state index contributed by atoms with van der Waals surface area (Å²) in [7, 11) is 3.21. The number of rotatable bonds is 4. The van der Waals surface area contributed by atoms with E-state index in [-0.39, 0.29) is 0 Å². The summed E-state index contributed by atoms with van der Waals surface area (Å²) in [6, 6.07) is 4.23. The smallest absolute Gasteiger partial charge is 0.227 e. The molecule has 1 fully saturated rings. The van der Waals surface area contributed by atoms with Crippen LogP contribution in [0.25, 0.3) is 10.9 Å². The zero-order chi connectivity index (χ0) is 17.3. The van der Waals surface area contributed by atoms with Gasteiger partial charge in [-0.3, -0.25) is 4.90 Å². The van der Waals surface area contributed by atoms with Gasteiger partial charge in [0.05, 0.1) is 19.7 Å². The SMILES string of the molecule is COc1cc2nc(N3CCN(C(C)C)CC3)nc(N)c2cc1OC. The fraction of sp³-hybridized carbons (Fsp3) is 0.529. The van der Waals surface area contributed by atoms with Gasteiger partial charge in [-0.25, -0.2) is 4.98 Å². The summed E-state index contributed by atoms with van der Waals surface area (Å²) in [5, 5.41) is 0.775. The molecule has 0 radical (unpaired) electrons. The van der Waals surface area contributed by atoms with E-state index in [0.29, 0.717) is 29.3 Å². The first-order valence-corrected chi connectivity index (χ1v) is 8.21. The molecule has 3 rings (SSSR count). The Labute approximate surface area is 142 Å². The van der Waals surface area contributed by atoms with Crippen molar-refractivity contribution < 1.29 is 9.47 Å². The minimum absolute atomic E-state index is 0.460. The number of fused-ring (bicyclic) bond motifs is 1. The lowest BCUT2D eigenvalue weighted by atomic mass is 10.2. The highest BCUT2D eigenvalue weighted by Crippen LogP contribution is 2.34. The topological polar surface area (TPSA) is 76.7 Å². The summed E-state index contributed by atoms with van der Waals surface area (Å²) in [6.07, 6.45) is 0. The van der Waals surface area contributed by atoms with Gasteiger partial charge >= 0.3 is 0 Å². The third-order valence-electron chi connectivity index (χ3n) is 4.55. The van der Waals surface area contributed by atoms with Crippen molar-refractivity contribution in [2.75, 3.05) is 51.0 Å². The molecule has 2 N–H and O–H groups in total. The van der Waals surface area contributed by atoms with Gasteiger partial charge in [-0.05, 0) is 19.9 Å². The van der Waals surface area contributed by atoms with Gasteiger partial charge in [0.1, 0.15) is 5.82 Å². The number of anilines is 2. The lowest BCUT2D eigenvalue weighted by Crippen LogP contribution is -2.49. The Kier molecular flexibility index (Phi) is 4.62. The molecule has 0 bridgehead atoms. The average molecular weight is 331 g/mol. The lowest BCUT2D eigenvalue weighted by Gasteiger charge is -2.37. The van der Waals surface area contributed by atoms with Crippen molar-refractivity contribution in [2.24, 2.45) is 0 Å². The van der Waals surface area contributed by atoms with E-state index in [4.69, 9.17) is 20.2 Å². The summed E-state index contributed by atoms with van der Waals surface area (Å²) in [6.45, 7) is 8.25. The second-order valence-corrected chi connectivity index (χ2v) is 6.25. The minimum atomic E-state index is 0.460. The second-order valence-electron chi connectivity index (χ2n) is 6.25. The largest absolute Gasteiger partial charge is 0.493 e. The van der Waals surface area contributed by atoms with Crippen LogP contribution in [0.4, 0.5) is 11.8 Å². The van der Waals surface area contributed by atoms with Crippen molar-refractivity contribution >= 4 is 22.7 Å². The van der Waals surface area contributed by atoms with Gasteiger partial charge in [0.25, 0.3) is 0 Å². The Morgan fingerprint density at radius 3 is 2.21 bits per heavy atom. The van der Waals surface area contributed by atoms with Gasteiger partial charge in [-0.1, -0.05) is 0 Å². The third kappa shape index (κ3) is 3.03. The third-order valence-corrected chi connectivity index (χ3v) is 4.55. The molecule has 1 aliphatic heterocycles. The van der Waals surface area contributed by atoms with Crippen LogP contribution in [-0.2, 0) is 0 Å². The van der Waals surface area contributed by atoms with E-state index < -0.39 is 0 Å². The van der Waals surface area contributed by atoms with Gasteiger partial charge in [0.2, 0.25) is 5.95 Å². The zero-order valence-corrected chi connectivity index (χ0v) is 14.7. The van der Waals surface area contributed by atoms with E-state index in [1.165, 1.54) is 0 Å². The first-order chi connectivity index (χ1) is 11.5. The molecule has 0 aliphatic carbocycles. The molecule has 0 saturated carbocycles. The number of benzene rings is 1. The first kappa shape index (κ1) is 16.6. The average Bonchev–Trinajstić information content (AvgIpc) is 2.60. The number of nitrogens with two attached hydrogens (primary N) is 1. The van der Waals surface area contributed by atoms with Crippen LogP contribution in [-0.4, -0.2) is 61.3 Å². The number of ether oxygens (including phenoxy) is 2. The van der Waals surface area contributed by atoms with Gasteiger partial charge in [0, 0.05) is 43.7 Å². The predicted octanol–water partition coefficient (Wildman–Crippen LogP) is 1.76. The summed E-state index contributed by atoms with van der Waals surface area (Å²) < 4.78 is 10.7. The van der Waals surface area contributed by atoms with Gasteiger partial charge in [0.15, 0.2) is 11.5 Å². The number of hydrogen-bond acceptors (Lipinski definition) is 7. The van der Waals surface area contributed by atoms with E-state index >= 15 is 0 Å². The molecule has 0 atom stereocenters. The fourth-order valence-electron chi connectivity index (χ4n) is 3.05. The molecule has 1 aliphatic rings. The molecule has 0 spiro atoms. The monoisotopic (exact) mass is 331 g/mol. The first-order valence-electron chi connectivity index (χ1n) is 8.21. The molecule has 1 aromatic heterocycles. The van der Waals surface area contributed by atoms with E-state index in [9.17, 15) is 0 Å².